The molecule has 32 heavy (non-hydrogen) atoms. The van der Waals surface area contributed by atoms with Crippen LogP contribution in [0.1, 0.15) is 34.0 Å². The predicted octanol–water partition coefficient (Wildman–Crippen LogP) is 4.33. The van der Waals surface area contributed by atoms with Crippen LogP contribution in [0.15, 0.2) is 72.4 Å². The van der Waals surface area contributed by atoms with Crippen LogP contribution in [0.5, 0.6) is 5.75 Å². The lowest BCUT2D eigenvalue weighted by atomic mass is 9.93. The van der Waals surface area contributed by atoms with Gasteiger partial charge in [0, 0.05) is 6.20 Å². The zero-order valence-electron chi connectivity index (χ0n) is 18.2. The van der Waals surface area contributed by atoms with Crippen LogP contribution in [0.3, 0.4) is 0 Å². The third kappa shape index (κ3) is 3.75. The number of aromatic nitrogens is 1. The molecule has 1 aliphatic rings. The van der Waals surface area contributed by atoms with E-state index in [4.69, 9.17) is 4.74 Å². The smallest absolute Gasteiger partial charge is 0.296 e. The van der Waals surface area contributed by atoms with Crippen molar-refractivity contribution < 1.29 is 19.4 Å². The number of aliphatic hydroxyl groups is 1. The molecule has 0 saturated carbocycles. The average molecular weight is 428 g/mol. The first kappa shape index (κ1) is 21.3. The molecule has 1 aliphatic heterocycles. The SMILES string of the molecule is COc1c(C)cc(C)cc1/C(O)=C1\C(=O)C(=O)N(Cc2ccccn2)C1c1ccccc1. The Morgan fingerprint density at radius 3 is 2.44 bits per heavy atom. The average Bonchev–Trinajstić information content (AvgIpc) is 3.04. The third-order valence-electron chi connectivity index (χ3n) is 5.59. The molecular weight excluding hydrogens is 404 g/mol. The minimum atomic E-state index is -0.747. The van der Waals surface area contributed by atoms with Crippen LogP contribution in [0.25, 0.3) is 5.76 Å². The molecule has 1 N–H and O–H groups in total. The van der Waals surface area contributed by atoms with Crippen LogP contribution < -0.4 is 4.74 Å². The van der Waals surface area contributed by atoms with Gasteiger partial charge in [-0.2, -0.15) is 0 Å². The lowest BCUT2D eigenvalue weighted by molar-refractivity contribution is -0.140. The number of hydrogen-bond donors (Lipinski definition) is 1. The van der Waals surface area contributed by atoms with Gasteiger partial charge in [0.25, 0.3) is 11.7 Å². The van der Waals surface area contributed by atoms with Crippen molar-refractivity contribution in [1.29, 1.82) is 0 Å². The number of ether oxygens (including phenoxy) is 1. The maximum Gasteiger partial charge on any atom is 0.296 e. The Morgan fingerprint density at radius 2 is 1.78 bits per heavy atom. The summed E-state index contributed by atoms with van der Waals surface area (Å²) >= 11 is 0. The van der Waals surface area contributed by atoms with Gasteiger partial charge in [-0.1, -0.05) is 42.5 Å². The van der Waals surface area contributed by atoms with E-state index >= 15 is 0 Å². The highest BCUT2D eigenvalue weighted by atomic mass is 16.5. The van der Waals surface area contributed by atoms with Crippen LogP contribution in [0.2, 0.25) is 0 Å². The molecule has 1 amide bonds. The Morgan fingerprint density at radius 1 is 1.06 bits per heavy atom. The topological polar surface area (TPSA) is 79.7 Å². The van der Waals surface area contributed by atoms with E-state index in [1.165, 1.54) is 12.0 Å². The summed E-state index contributed by atoms with van der Waals surface area (Å²) in [6.45, 7) is 3.92. The number of nitrogens with zero attached hydrogens (tertiary/aromatic N) is 2. The molecule has 0 spiro atoms. The molecule has 6 nitrogen and oxygen atoms in total. The second-order valence-corrected chi connectivity index (χ2v) is 7.82. The highest BCUT2D eigenvalue weighted by molar-refractivity contribution is 6.46. The Kier molecular flexibility index (Phi) is 5.77. The highest BCUT2D eigenvalue weighted by Gasteiger charge is 2.46. The Labute approximate surface area is 186 Å². The van der Waals surface area contributed by atoms with Crippen LogP contribution in [0, 0.1) is 13.8 Å². The van der Waals surface area contributed by atoms with Gasteiger partial charge in [-0.3, -0.25) is 14.6 Å². The van der Waals surface area contributed by atoms with Crippen molar-refractivity contribution in [2.45, 2.75) is 26.4 Å². The van der Waals surface area contributed by atoms with Crippen LogP contribution in [-0.4, -0.2) is 33.8 Å². The number of amides is 1. The molecule has 3 aromatic rings. The molecule has 1 aromatic heterocycles. The summed E-state index contributed by atoms with van der Waals surface area (Å²) < 4.78 is 5.52. The largest absolute Gasteiger partial charge is 0.507 e. The Balaban J connectivity index is 1.92. The maximum atomic E-state index is 13.2. The number of rotatable bonds is 5. The quantitative estimate of drug-likeness (QED) is 0.372. The lowest BCUT2D eigenvalue weighted by Gasteiger charge is -2.25. The molecule has 2 aromatic carbocycles. The Bertz CT molecular complexity index is 1200. The van der Waals surface area contributed by atoms with Crippen LogP contribution in [0.4, 0.5) is 0 Å². The van der Waals surface area contributed by atoms with E-state index in [0.29, 0.717) is 17.0 Å². The van der Waals surface area contributed by atoms with Gasteiger partial charge >= 0.3 is 0 Å². The summed E-state index contributed by atoms with van der Waals surface area (Å²) in [6.07, 6.45) is 1.64. The molecule has 0 aliphatic carbocycles. The number of aryl methyl sites for hydroxylation is 2. The van der Waals surface area contributed by atoms with E-state index in [1.54, 1.807) is 24.4 Å². The van der Waals surface area contributed by atoms with Crippen molar-refractivity contribution in [2.24, 2.45) is 0 Å². The van der Waals surface area contributed by atoms with Gasteiger partial charge in [0.2, 0.25) is 0 Å². The number of Topliss-reactive ketones (excluding diaryl/α,β-unsaturated/α-hetero) is 1. The Hall–Kier alpha value is -3.93. The summed E-state index contributed by atoms with van der Waals surface area (Å²) in [5.41, 5.74) is 3.55. The fourth-order valence-electron chi connectivity index (χ4n) is 4.24. The van der Waals surface area contributed by atoms with E-state index in [-0.39, 0.29) is 17.9 Å². The van der Waals surface area contributed by atoms with E-state index in [0.717, 1.165) is 16.7 Å². The second-order valence-electron chi connectivity index (χ2n) is 7.82. The van der Waals surface area contributed by atoms with Gasteiger partial charge < -0.3 is 14.7 Å². The van der Waals surface area contributed by atoms with Gasteiger partial charge in [-0.05, 0) is 48.7 Å². The standard InChI is InChI=1S/C26H24N2O4/c1-16-13-17(2)25(32-3)20(14-16)23(29)21-22(18-9-5-4-6-10-18)28(26(31)24(21)30)15-19-11-7-8-12-27-19/h4-14,22,29H,15H2,1-3H3/b23-21+. The molecule has 1 saturated heterocycles. The number of carbonyl (C=O) groups excluding carboxylic acids is 2. The number of aliphatic hydroxyl groups excluding tert-OH is 1. The number of carbonyl (C=O) groups is 2. The number of hydrogen-bond acceptors (Lipinski definition) is 5. The van der Waals surface area contributed by atoms with Gasteiger partial charge in [-0.15, -0.1) is 0 Å². The van der Waals surface area contributed by atoms with Gasteiger partial charge in [0.15, 0.2) is 0 Å². The van der Waals surface area contributed by atoms with Crippen molar-refractivity contribution in [2.75, 3.05) is 7.11 Å². The minimum absolute atomic E-state index is 0.0421. The fraction of sp³-hybridized carbons (Fsp3) is 0.192. The molecule has 4 rings (SSSR count). The van der Waals surface area contributed by atoms with Crippen molar-refractivity contribution in [3.05, 3.63) is 100 Å². The summed E-state index contributed by atoms with van der Waals surface area (Å²) in [5, 5.41) is 11.4. The highest BCUT2D eigenvalue weighted by Crippen LogP contribution is 2.42. The van der Waals surface area contributed by atoms with Gasteiger partial charge in [0.05, 0.1) is 36.5 Å². The maximum absolute atomic E-state index is 13.2. The number of benzene rings is 2. The second kappa shape index (κ2) is 8.67. The van der Waals surface area contributed by atoms with Gasteiger partial charge in [-0.25, -0.2) is 0 Å². The number of pyridine rings is 1. The van der Waals surface area contributed by atoms with Crippen LogP contribution >= 0.6 is 0 Å². The first-order chi connectivity index (χ1) is 15.4. The molecule has 1 unspecified atom stereocenters. The van der Waals surface area contributed by atoms with Gasteiger partial charge in [0.1, 0.15) is 11.5 Å². The summed E-state index contributed by atoms with van der Waals surface area (Å²) in [7, 11) is 1.52. The number of methoxy groups -OCH3 is 1. The molecular formula is C26H24N2O4. The molecule has 162 valence electrons. The van der Waals surface area contributed by atoms with Crippen molar-refractivity contribution >= 4 is 17.4 Å². The van der Waals surface area contributed by atoms with Crippen LogP contribution in [-0.2, 0) is 16.1 Å². The molecule has 0 bridgehead atoms. The van der Waals surface area contributed by atoms with Crippen molar-refractivity contribution in [3.63, 3.8) is 0 Å². The molecule has 6 heteroatoms. The van der Waals surface area contributed by atoms with Crippen molar-refractivity contribution in [1.82, 2.24) is 9.88 Å². The fourth-order valence-corrected chi connectivity index (χ4v) is 4.24. The zero-order chi connectivity index (χ0) is 22.8. The minimum Gasteiger partial charge on any atom is -0.507 e. The first-order valence-corrected chi connectivity index (χ1v) is 10.3. The molecule has 0 radical (unpaired) electrons. The zero-order valence-corrected chi connectivity index (χ0v) is 18.2. The third-order valence-corrected chi connectivity index (χ3v) is 5.59. The predicted molar refractivity (Wildman–Crippen MR) is 121 cm³/mol. The summed E-state index contributed by atoms with van der Waals surface area (Å²) in [6, 6.07) is 17.6. The summed E-state index contributed by atoms with van der Waals surface area (Å²) in [4.78, 5) is 32.1. The molecule has 1 fully saturated rings. The van der Waals surface area contributed by atoms with E-state index < -0.39 is 17.7 Å². The molecule has 2 heterocycles. The lowest BCUT2D eigenvalue weighted by Crippen LogP contribution is -2.29. The number of ketones is 1. The summed E-state index contributed by atoms with van der Waals surface area (Å²) in [5.74, 6) is -1.18. The van der Waals surface area contributed by atoms with E-state index in [2.05, 4.69) is 4.98 Å². The van der Waals surface area contributed by atoms with E-state index in [1.807, 2.05) is 56.3 Å². The number of likely N-dealkylation sites (tertiary alicyclic amines) is 1. The first-order valence-electron chi connectivity index (χ1n) is 10.3. The van der Waals surface area contributed by atoms with E-state index in [9.17, 15) is 14.7 Å². The van der Waals surface area contributed by atoms with Crippen molar-refractivity contribution in [3.8, 4) is 5.75 Å². The monoisotopic (exact) mass is 428 g/mol. The molecule has 1 atom stereocenters. The normalized spacial score (nSPS) is 17.6.